The second kappa shape index (κ2) is 5.23. The van der Waals surface area contributed by atoms with Crippen LogP contribution in [0.5, 0.6) is 0 Å². The third kappa shape index (κ3) is 2.71. The van der Waals surface area contributed by atoms with Crippen molar-refractivity contribution in [2.75, 3.05) is 0 Å². The predicted octanol–water partition coefficient (Wildman–Crippen LogP) is 4.27. The average molecular weight is 261 g/mol. The Kier molecular flexibility index (Phi) is 3.68. The molecule has 0 aliphatic rings. The van der Waals surface area contributed by atoms with Crippen LogP contribution in [0.1, 0.15) is 22.8 Å². The Morgan fingerprint density at radius 1 is 1.11 bits per heavy atom. The zero-order valence-corrected chi connectivity index (χ0v) is 10.7. The minimum Gasteiger partial charge on any atom is -0.478 e. The van der Waals surface area contributed by atoms with Gasteiger partial charge < -0.3 is 5.11 Å². The highest BCUT2D eigenvalue weighted by atomic mass is 35.5. The molecule has 92 valence electrons. The lowest BCUT2D eigenvalue weighted by molar-refractivity contribution is 0.0697. The van der Waals surface area contributed by atoms with Crippen molar-refractivity contribution in [2.24, 2.45) is 0 Å². The van der Waals surface area contributed by atoms with Gasteiger partial charge in [-0.1, -0.05) is 42.8 Å². The zero-order chi connectivity index (χ0) is 13.1. The molecule has 2 rings (SSSR count). The Hall–Kier alpha value is -1.80. The van der Waals surface area contributed by atoms with Crippen LogP contribution in [0, 0.1) is 0 Å². The van der Waals surface area contributed by atoms with Crippen molar-refractivity contribution in [1.29, 1.82) is 0 Å². The van der Waals surface area contributed by atoms with Crippen molar-refractivity contribution in [3.8, 4) is 11.1 Å². The number of halogens is 1. The van der Waals surface area contributed by atoms with E-state index >= 15 is 0 Å². The van der Waals surface area contributed by atoms with Gasteiger partial charge in [-0.05, 0) is 41.3 Å². The summed E-state index contributed by atoms with van der Waals surface area (Å²) in [7, 11) is 0. The first-order valence-electron chi connectivity index (χ1n) is 5.73. The van der Waals surface area contributed by atoms with E-state index in [1.165, 1.54) is 11.6 Å². The molecular weight excluding hydrogens is 248 g/mol. The van der Waals surface area contributed by atoms with Gasteiger partial charge in [-0.2, -0.15) is 0 Å². The van der Waals surface area contributed by atoms with Crippen molar-refractivity contribution in [3.05, 3.63) is 58.6 Å². The number of rotatable bonds is 3. The standard InChI is InChI=1S/C15H13ClO2/c1-2-10-3-5-11(6-4-10)12-7-13(15(17)18)9-14(16)8-12/h3-9H,2H2,1H3,(H,17,18). The summed E-state index contributed by atoms with van der Waals surface area (Å²) in [6.45, 7) is 2.09. The number of carboxylic acids is 1. The van der Waals surface area contributed by atoms with Crippen LogP contribution >= 0.6 is 11.6 Å². The molecular formula is C15H13ClO2. The van der Waals surface area contributed by atoms with E-state index in [-0.39, 0.29) is 5.56 Å². The Balaban J connectivity index is 2.46. The van der Waals surface area contributed by atoms with Crippen LogP contribution in [0.3, 0.4) is 0 Å². The number of carboxylic acid groups (broad SMARTS) is 1. The van der Waals surface area contributed by atoms with Gasteiger partial charge in [-0.25, -0.2) is 4.79 Å². The van der Waals surface area contributed by atoms with Gasteiger partial charge in [0.25, 0.3) is 0 Å². The molecule has 0 aliphatic carbocycles. The van der Waals surface area contributed by atoms with E-state index in [1.54, 1.807) is 12.1 Å². The summed E-state index contributed by atoms with van der Waals surface area (Å²) >= 11 is 5.94. The van der Waals surface area contributed by atoms with Crippen molar-refractivity contribution in [2.45, 2.75) is 13.3 Å². The molecule has 0 saturated carbocycles. The number of hydrogen-bond donors (Lipinski definition) is 1. The van der Waals surface area contributed by atoms with Crippen molar-refractivity contribution < 1.29 is 9.90 Å². The third-order valence-electron chi connectivity index (χ3n) is 2.84. The average Bonchev–Trinajstić information content (AvgIpc) is 2.38. The van der Waals surface area contributed by atoms with Crippen LogP contribution < -0.4 is 0 Å². The quantitative estimate of drug-likeness (QED) is 0.895. The van der Waals surface area contributed by atoms with E-state index in [0.29, 0.717) is 5.02 Å². The van der Waals surface area contributed by atoms with Crippen molar-refractivity contribution in [1.82, 2.24) is 0 Å². The topological polar surface area (TPSA) is 37.3 Å². The summed E-state index contributed by atoms with van der Waals surface area (Å²) in [5.41, 5.74) is 3.25. The lowest BCUT2D eigenvalue weighted by Crippen LogP contribution is -1.96. The zero-order valence-electron chi connectivity index (χ0n) is 9.98. The van der Waals surface area contributed by atoms with Crippen LogP contribution in [-0.2, 0) is 6.42 Å². The van der Waals surface area contributed by atoms with Crippen molar-refractivity contribution in [3.63, 3.8) is 0 Å². The van der Waals surface area contributed by atoms with E-state index in [4.69, 9.17) is 16.7 Å². The largest absolute Gasteiger partial charge is 0.478 e. The van der Waals surface area contributed by atoms with Gasteiger partial charge in [0.2, 0.25) is 0 Å². The first-order valence-corrected chi connectivity index (χ1v) is 6.11. The Morgan fingerprint density at radius 3 is 2.33 bits per heavy atom. The summed E-state index contributed by atoms with van der Waals surface area (Å²) in [4.78, 5) is 11.0. The van der Waals surface area contributed by atoms with Gasteiger partial charge in [0, 0.05) is 5.02 Å². The van der Waals surface area contributed by atoms with E-state index in [2.05, 4.69) is 6.92 Å². The molecule has 3 heteroatoms. The monoisotopic (exact) mass is 260 g/mol. The molecule has 0 radical (unpaired) electrons. The number of benzene rings is 2. The van der Waals surface area contributed by atoms with E-state index in [9.17, 15) is 4.79 Å². The maximum atomic E-state index is 11.0. The Bertz CT molecular complexity index is 574. The minimum absolute atomic E-state index is 0.206. The van der Waals surface area contributed by atoms with Gasteiger partial charge >= 0.3 is 5.97 Å². The molecule has 0 amide bonds. The summed E-state index contributed by atoms with van der Waals surface area (Å²) in [6.07, 6.45) is 0.982. The van der Waals surface area contributed by atoms with Gasteiger partial charge in [0.1, 0.15) is 0 Å². The third-order valence-corrected chi connectivity index (χ3v) is 3.06. The normalized spacial score (nSPS) is 10.3. The summed E-state index contributed by atoms with van der Waals surface area (Å²) in [5, 5.41) is 9.44. The van der Waals surface area contributed by atoms with Crippen LogP contribution in [0.15, 0.2) is 42.5 Å². The molecule has 0 atom stereocenters. The summed E-state index contributed by atoms with van der Waals surface area (Å²) in [6, 6.07) is 12.9. The molecule has 2 aromatic rings. The second-order valence-corrected chi connectivity index (χ2v) is 4.52. The second-order valence-electron chi connectivity index (χ2n) is 4.08. The highest BCUT2D eigenvalue weighted by Crippen LogP contribution is 2.25. The highest BCUT2D eigenvalue weighted by Gasteiger charge is 2.07. The SMILES string of the molecule is CCc1ccc(-c2cc(Cl)cc(C(=O)O)c2)cc1. The molecule has 18 heavy (non-hydrogen) atoms. The molecule has 0 aliphatic heterocycles. The minimum atomic E-state index is -0.969. The maximum absolute atomic E-state index is 11.0. The lowest BCUT2D eigenvalue weighted by atomic mass is 10.0. The van der Waals surface area contributed by atoms with Crippen LogP contribution in [0.25, 0.3) is 11.1 Å². The van der Waals surface area contributed by atoms with E-state index in [0.717, 1.165) is 17.5 Å². The van der Waals surface area contributed by atoms with Crippen molar-refractivity contribution >= 4 is 17.6 Å². The maximum Gasteiger partial charge on any atom is 0.335 e. The molecule has 0 saturated heterocycles. The first-order chi connectivity index (χ1) is 8.60. The number of carbonyl (C=O) groups is 1. The van der Waals surface area contributed by atoms with Crippen LogP contribution in [0.4, 0.5) is 0 Å². The Morgan fingerprint density at radius 2 is 1.78 bits per heavy atom. The smallest absolute Gasteiger partial charge is 0.335 e. The van der Waals surface area contributed by atoms with E-state index < -0.39 is 5.97 Å². The molecule has 0 heterocycles. The first kappa shape index (κ1) is 12.7. The Labute approximate surface area is 111 Å². The number of hydrogen-bond acceptors (Lipinski definition) is 1. The molecule has 0 unspecified atom stereocenters. The highest BCUT2D eigenvalue weighted by molar-refractivity contribution is 6.31. The fourth-order valence-corrected chi connectivity index (χ4v) is 2.05. The number of aromatic carboxylic acids is 1. The van der Waals surface area contributed by atoms with Gasteiger partial charge in [0.15, 0.2) is 0 Å². The fraction of sp³-hybridized carbons (Fsp3) is 0.133. The molecule has 0 spiro atoms. The van der Waals surface area contributed by atoms with Crippen LogP contribution in [-0.4, -0.2) is 11.1 Å². The van der Waals surface area contributed by atoms with Crippen LogP contribution in [0.2, 0.25) is 5.02 Å². The summed E-state index contributed by atoms with van der Waals surface area (Å²) in [5.74, 6) is -0.969. The molecule has 1 N–H and O–H groups in total. The van der Waals surface area contributed by atoms with Gasteiger partial charge in [-0.3, -0.25) is 0 Å². The van der Waals surface area contributed by atoms with E-state index in [1.807, 2.05) is 24.3 Å². The predicted molar refractivity (Wildman–Crippen MR) is 73.2 cm³/mol. The molecule has 2 nitrogen and oxygen atoms in total. The molecule has 0 aromatic heterocycles. The molecule has 0 bridgehead atoms. The molecule has 0 fully saturated rings. The van der Waals surface area contributed by atoms with Gasteiger partial charge in [0.05, 0.1) is 5.56 Å². The number of aryl methyl sites for hydroxylation is 1. The lowest BCUT2D eigenvalue weighted by Gasteiger charge is -2.05. The molecule has 2 aromatic carbocycles. The summed E-state index contributed by atoms with van der Waals surface area (Å²) < 4.78 is 0. The fourth-order valence-electron chi connectivity index (χ4n) is 1.81. The van der Waals surface area contributed by atoms with Gasteiger partial charge in [-0.15, -0.1) is 0 Å².